The minimum Gasteiger partial charge on any atom is -0.435 e. The smallest absolute Gasteiger partial charge is 0.387 e. The molecular weight excluding hydrogens is 266 g/mol. The summed E-state index contributed by atoms with van der Waals surface area (Å²) < 4.78 is 28.3. The SMILES string of the molecule is CN(CC1CCCN1)C(=O)c1ccc(OC(F)F)cc1. The second-order valence-electron chi connectivity index (χ2n) is 4.88. The van der Waals surface area contributed by atoms with Crippen molar-refractivity contribution in [1.29, 1.82) is 0 Å². The van der Waals surface area contributed by atoms with Crippen LogP contribution in [0.2, 0.25) is 0 Å². The highest BCUT2D eigenvalue weighted by Crippen LogP contribution is 2.16. The number of carbonyl (C=O) groups excluding carboxylic acids is 1. The first-order chi connectivity index (χ1) is 9.56. The topological polar surface area (TPSA) is 41.6 Å². The van der Waals surface area contributed by atoms with Gasteiger partial charge in [-0.2, -0.15) is 8.78 Å². The summed E-state index contributed by atoms with van der Waals surface area (Å²) in [6.07, 6.45) is 2.20. The second-order valence-corrected chi connectivity index (χ2v) is 4.88. The maximum atomic E-state index is 12.2. The Kier molecular flexibility index (Phi) is 4.89. The van der Waals surface area contributed by atoms with Gasteiger partial charge in [0.15, 0.2) is 0 Å². The van der Waals surface area contributed by atoms with Gasteiger partial charge in [0.05, 0.1) is 0 Å². The lowest BCUT2D eigenvalue weighted by atomic mass is 10.1. The lowest BCUT2D eigenvalue weighted by Gasteiger charge is -2.21. The number of benzene rings is 1. The maximum absolute atomic E-state index is 12.2. The molecule has 20 heavy (non-hydrogen) atoms. The van der Waals surface area contributed by atoms with E-state index in [0.29, 0.717) is 18.2 Å². The van der Waals surface area contributed by atoms with Crippen molar-refractivity contribution in [3.63, 3.8) is 0 Å². The van der Waals surface area contributed by atoms with Gasteiger partial charge in [-0.05, 0) is 43.7 Å². The van der Waals surface area contributed by atoms with Gasteiger partial charge in [0.25, 0.3) is 5.91 Å². The van der Waals surface area contributed by atoms with E-state index in [9.17, 15) is 13.6 Å². The summed E-state index contributed by atoms with van der Waals surface area (Å²) in [6.45, 7) is -1.21. The van der Waals surface area contributed by atoms with Gasteiger partial charge in [0.2, 0.25) is 0 Å². The fourth-order valence-electron chi connectivity index (χ4n) is 2.33. The van der Waals surface area contributed by atoms with Crippen LogP contribution >= 0.6 is 0 Å². The quantitative estimate of drug-likeness (QED) is 0.900. The summed E-state index contributed by atoms with van der Waals surface area (Å²) in [5, 5.41) is 3.33. The average Bonchev–Trinajstić information content (AvgIpc) is 2.91. The van der Waals surface area contributed by atoms with E-state index in [1.165, 1.54) is 24.3 Å². The van der Waals surface area contributed by atoms with Crippen molar-refractivity contribution < 1.29 is 18.3 Å². The normalized spacial score (nSPS) is 18.3. The van der Waals surface area contributed by atoms with Crippen LogP contribution in [0.5, 0.6) is 5.75 Å². The van der Waals surface area contributed by atoms with Crippen LogP contribution in [0.3, 0.4) is 0 Å². The van der Waals surface area contributed by atoms with E-state index < -0.39 is 6.61 Å². The minimum absolute atomic E-state index is 0.0525. The molecule has 0 bridgehead atoms. The van der Waals surface area contributed by atoms with Crippen LogP contribution in [0.15, 0.2) is 24.3 Å². The Labute approximate surface area is 116 Å². The number of nitrogens with zero attached hydrogens (tertiary/aromatic N) is 1. The predicted molar refractivity (Wildman–Crippen MR) is 71.1 cm³/mol. The van der Waals surface area contributed by atoms with Crippen LogP contribution in [-0.4, -0.2) is 43.6 Å². The van der Waals surface area contributed by atoms with Crippen LogP contribution in [0, 0.1) is 0 Å². The van der Waals surface area contributed by atoms with Gasteiger partial charge in [0.1, 0.15) is 5.75 Å². The molecule has 1 aromatic rings. The summed E-state index contributed by atoms with van der Waals surface area (Å²) >= 11 is 0. The van der Waals surface area contributed by atoms with Crippen LogP contribution in [-0.2, 0) is 0 Å². The van der Waals surface area contributed by atoms with Crippen molar-refractivity contribution in [2.24, 2.45) is 0 Å². The number of likely N-dealkylation sites (N-methyl/N-ethyl adjacent to an activating group) is 1. The van der Waals surface area contributed by atoms with E-state index in [-0.39, 0.29) is 11.7 Å². The first-order valence-electron chi connectivity index (χ1n) is 6.60. The van der Waals surface area contributed by atoms with Crippen molar-refractivity contribution in [2.45, 2.75) is 25.5 Å². The largest absolute Gasteiger partial charge is 0.435 e. The number of carbonyl (C=O) groups is 1. The van der Waals surface area contributed by atoms with Crippen molar-refractivity contribution >= 4 is 5.91 Å². The highest BCUT2D eigenvalue weighted by Gasteiger charge is 2.19. The van der Waals surface area contributed by atoms with Crippen molar-refractivity contribution in [2.75, 3.05) is 20.1 Å². The zero-order valence-electron chi connectivity index (χ0n) is 11.3. The Balaban J connectivity index is 1.93. The summed E-state index contributed by atoms with van der Waals surface area (Å²) in [5.74, 6) is -0.0704. The maximum Gasteiger partial charge on any atom is 0.387 e. The molecule has 0 saturated carbocycles. The minimum atomic E-state index is -2.85. The number of alkyl halides is 2. The molecular formula is C14H18F2N2O2. The van der Waals surface area contributed by atoms with Crippen molar-refractivity contribution in [1.82, 2.24) is 10.2 Å². The zero-order valence-corrected chi connectivity index (χ0v) is 11.3. The Bertz CT molecular complexity index is 445. The molecule has 1 aliphatic rings. The van der Waals surface area contributed by atoms with Crippen LogP contribution in [0.25, 0.3) is 0 Å². The van der Waals surface area contributed by atoms with Gasteiger partial charge >= 0.3 is 6.61 Å². The molecule has 1 atom stereocenters. The average molecular weight is 284 g/mol. The molecule has 0 aromatic heterocycles. The highest BCUT2D eigenvalue weighted by atomic mass is 19.3. The molecule has 1 aromatic carbocycles. The Morgan fingerprint density at radius 2 is 2.15 bits per heavy atom. The molecule has 1 saturated heterocycles. The molecule has 1 aliphatic heterocycles. The Morgan fingerprint density at radius 1 is 1.45 bits per heavy atom. The van der Waals surface area contributed by atoms with Gasteiger partial charge in [-0.1, -0.05) is 0 Å². The third-order valence-electron chi connectivity index (χ3n) is 3.33. The summed E-state index contributed by atoms with van der Waals surface area (Å²) in [7, 11) is 1.74. The number of nitrogens with one attached hydrogen (secondary N) is 1. The number of amides is 1. The zero-order chi connectivity index (χ0) is 14.5. The summed E-state index contributed by atoms with van der Waals surface area (Å²) in [6, 6.07) is 6.09. The summed E-state index contributed by atoms with van der Waals surface area (Å²) in [4.78, 5) is 13.8. The number of hydrogen-bond acceptors (Lipinski definition) is 3. The van der Waals surface area contributed by atoms with E-state index in [1.807, 2.05) is 0 Å². The first-order valence-corrected chi connectivity index (χ1v) is 6.60. The van der Waals surface area contributed by atoms with E-state index in [2.05, 4.69) is 10.1 Å². The van der Waals surface area contributed by atoms with Gasteiger partial charge < -0.3 is 15.0 Å². The number of halogens is 2. The Hall–Kier alpha value is -1.69. The molecule has 0 aliphatic carbocycles. The number of ether oxygens (including phenoxy) is 1. The molecule has 0 radical (unpaired) electrons. The number of rotatable bonds is 5. The summed E-state index contributed by atoms with van der Waals surface area (Å²) in [5.41, 5.74) is 0.465. The molecule has 1 fully saturated rings. The molecule has 110 valence electrons. The van der Waals surface area contributed by atoms with Gasteiger partial charge in [-0.25, -0.2) is 0 Å². The van der Waals surface area contributed by atoms with E-state index in [1.54, 1.807) is 11.9 Å². The van der Waals surface area contributed by atoms with Crippen molar-refractivity contribution in [3.05, 3.63) is 29.8 Å². The second kappa shape index (κ2) is 6.65. The Morgan fingerprint density at radius 3 is 2.70 bits per heavy atom. The molecule has 4 nitrogen and oxygen atoms in total. The van der Waals surface area contributed by atoms with Crippen LogP contribution in [0.1, 0.15) is 23.2 Å². The van der Waals surface area contributed by atoms with Gasteiger partial charge in [-0.15, -0.1) is 0 Å². The van der Waals surface area contributed by atoms with E-state index >= 15 is 0 Å². The van der Waals surface area contributed by atoms with Crippen LogP contribution < -0.4 is 10.1 Å². The predicted octanol–water partition coefficient (Wildman–Crippen LogP) is 2.11. The standard InChI is InChI=1S/C14H18F2N2O2/c1-18(9-11-3-2-8-17-11)13(19)10-4-6-12(7-5-10)20-14(15)16/h4-7,11,14,17H,2-3,8-9H2,1H3. The lowest BCUT2D eigenvalue weighted by Crippen LogP contribution is -2.38. The molecule has 0 spiro atoms. The molecule has 1 N–H and O–H groups in total. The third kappa shape index (κ3) is 3.90. The van der Waals surface area contributed by atoms with Gasteiger partial charge in [0, 0.05) is 25.2 Å². The highest BCUT2D eigenvalue weighted by molar-refractivity contribution is 5.94. The van der Waals surface area contributed by atoms with Gasteiger partial charge in [-0.3, -0.25) is 4.79 Å². The first kappa shape index (κ1) is 14.7. The molecule has 2 rings (SSSR count). The fraction of sp³-hybridized carbons (Fsp3) is 0.500. The fourth-order valence-corrected chi connectivity index (χ4v) is 2.33. The van der Waals surface area contributed by atoms with Crippen LogP contribution in [0.4, 0.5) is 8.78 Å². The lowest BCUT2D eigenvalue weighted by molar-refractivity contribution is -0.0498. The molecule has 1 amide bonds. The van der Waals surface area contributed by atoms with Crippen molar-refractivity contribution in [3.8, 4) is 5.75 Å². The number of hydrogen-bond donors (Lipinski definition) is 1. The van der Waals surface area contributed by atoms with E-state index in [4.69, 9.17) is 0 Å². The molecule has 1 unspecified atom stereocenters. The monoisotopic (exact) mass is 284 g/mol. The third-order valence-corrected chi connectivity index (χ3v) is 3.33. The molecule has 1 heterocycles. The molecule has 6 heteroatoms. The van der Waals surface area contributed by atoms with E-state index in [0.717, 1.165) is 19.4 Å².